The SMILES string of the molecule is CCC(C(=O)O)N(C)C(=O)N1CCC(C)(C(=O)NC)C1. The summed E-state index contributed by atoms with van der Waals surface area (Å²) in [6.07, 6.45) is 0.925. The molecule has 0 aromatic rings. The van der Waals surface area contributed by atoms with Crippen molar-refractivity contribution in [3.63, 3.8) is 0 Å². The Morgan fingerprint density at radius 2 is 2.05 bits per heavy atom. The van der Waals surface area contributed by atoms with Crippen LogP contribution in [0.25, 0.3) is 0 Å². The molecule has 0 aromatic carbocycles. The first kappa shape index (κ1) is 16.3. The maximum Gasteiger partial charge on any atom is 0.326 e. The smallest absolute Gasteiger partial charge is 0.326 e. The summed E-state index contributed by atoms with van der Waals surface area (Å²) in [6.45, 7) is 4.31. The molecule has 20 heavy (non-hydrogen) atoms. The third kappa shape index (κ3) is 3.02. The van der Waals surface area contributed by atoms with E-state index in [9.17, 15) is 14.4 Å². The van der Waals surface area contributed by atoms with Crippen molar-refractivity contribution in [2.45, 2.75) is 32.7 Å². The molecular formula is C13H23N3O4. The van der Waals surface area contributed by atoms with Crippen molar-refractivity contribution in [2.24, 2.45) is 5.41 Å². The molecule has 7 heteroatoms. The van der Waals surface area contributed by atoms with Gasteiger partial charge in [0.15, 0.2) is 0 Å². The lowest BCUT2D eigenvalue weighted by molar-refractivity contribution is -0.142. The van der Waals surface area contributed by atoms with Crippen LogP contribution in [0, 0.1) is 5.41 Å². The zero-order valence-electron chi connectivity index (χ0n) is 12.5. The summed E-state index contributed by atoms with van der Waals surface area (Å²) in [5.41, 5.74) is -0.601. The molecule has 2 N–H and O–H groups in total. The number of nitrogens with one attached hydrogen (secondary N) is 1. The van der Waals surface area contributed by atoms with Crippen LogP contribution < -0.4 is 5.32 Å². The zero-order valence-corrected chi connectivity index (χ0v) is 12.5. The molecule has 1 rings (SSSR count). The highest BCUT2D eigenvalue weighted by atomic mass is 16.4. The van der Waals surface area contributed by atoms with Crippen molar-refractivity contribution in [3.8, 4) is 0 Å². The molecule has 0 spiro atoms. The number of aliphatic carboxylic acids is 1. The molecular weight excluding hydrogens is 262 g/mol. The number of rotatable bonds is 4. The normalized spacial score (nSPS) is 23.3. The minimum Gasteiger partial charge on any atom is -0.480 e. The number of carbonyl (C=O) groups excluding carboxylic acids is 2. The maximum atomic E-state index is 12.3. The van der Waals surface area contributed by atoms with Crippen molar-refractivity contribution in [2.75, 3.05) is 27.2 Å². The number of carbonyl (C=O) groups is 3. The van der Waals surface area contributed by atoms with E-state index in [1.165, 1.54) is 11.9 Å². The van der Waals surface area contributed by atoms with Gasteiger partial charge in [0, 0.05) is 27.2 Å². The van der Waals surface area contributed by atoms with E-state index in [0.29, 0.717) is 25.9 Å². The second kappa shape index (κ2) is 6.11. The molecule has 1 heterocycles. The summed E-state index contributed by atoms with van der Waals surface area (Å²) in [5, 5.41) is 11.7. The number of hydrogen-bond donors (Lipinski definition) is 2. The second-order valence-corrected chi connectivity index (χ2v) is 5.47. The van der Waals surface area contributed by atoms with Gasteiger partial charge in [0.25, 0.3) is 0 Å². The number of carboxylic acid groups (broad SMARTS) is 1. The van der Waals surface area contributed by atoms with E-state index in [1.54, 1.807) is 18.9 Å². The van der Waals surface area contributed by atoms with E-state index in [1.807, 2.05) is 6.92 Å². The van der Waals surface area contributed by atoms with Crippen LogP contribution in [0.2, 0.25) is 0 Å². The fourth-order valence-corrected chi connectivity index (χ4v) is 2.58. The van der Waals surface area contributed by atoms with Crippen LogP contribution in [0.5, 0.6) is 0 Å². The largest absolute Gasteiger partial charge is 0.480 e. The molecule has 0 saturated carbocycles. The summed E-state index contributed by atoms with van der Waals surface area (Å²) in [4.78, 5) is 38.0. The van der Waals surface area contributed by atoms with Gasteiger partial charge in [-0.25, -0.2) is 9.59 Å². The van der Waals surface area contributed by atoms with Gasteiger partial charge in [-0.1, -0.05) is 6.92 Å². The Morgan fingerprint density at radius 1 is 1.45 bits per heavy atom. The monoisotopic (exact) mass is 285 g/mol. The van der Waals surface area contributed by atoms with E-state index in [0.717, 1.165) is 0 Å². The van der Waals surface area contributed by atoms with Crippen molar-refractivity contribution in [1.82, 2.24) is 15.1 Å². The molecule has 2 atom stereocenters. The van der Waals surface area contributed by atoms with E-state index in [-0.39, 0.29) is 11.9 Å². The average Bonchev–Trinajstić information content (AvgIpc) is 2.81. The van der Waals surface area contributed by atoms with Crippen LogP contribution >= 0.6 is 0 Å². The molecule has 7 nitrogen and oxygen atoms in total. The van der Waals surface area contributed by atoms with E-state index >= 15 is 0 Å². The van der Waals surface area contributed by atoms with Crippen LogP contribution in [-0.2, 0) is 9.59 Å². The number of amides is 3. The predicted octanol–water partition coefficient (Wildman–Crippen LogP) is 0.359. The van der Waals surface area contributed by atoms with Crippen LogP contribution in [0.4, 0.5) is 4.79 Å². The van der Waals surface area contributed by atoms with Crippen LogP contribution in [0.3, 0.4) is 0 Å². The van der Waals surface area contributed by atoms with Gasteiger partial charge in [0.1, 0.15) is 6.04 Å². The molecule has 0 bridgehead atoms. The Bertz CT molecular complexity index is 412. The van der Waals surface area contributed by atoms with Gasteiger partial charge < -0.3 is 20.2 Å². The highest BCUT2D eigenvalue weighted by molar-refractivity contribution is 5.86. The first-order chi connectivity index (χ1) is 9.26. The second-order valence-electron chi connectivity index (χ2n) is 5.47. The number of hydrogen-bond acceptors (Lipinski definition) is 3. The summed E-state index contributed by atoms with van der Waals surface area (Å²) < 4.78 is 0. The van der Waals surface area contributed by atoms with Gasteiger partial charge >= 0.3 is 12.0 Å². The van der Waals surface area contributed by atoms with Gasteiger partial charge in [-0.15, -0.1) is 0 Å². The molecule has 0 radical (unpaired) electrons. The topological polar surface area (TPSA) is 90.0 Å². The number of likely N-dealkylation sites (tertiary alicyclic amines) is 1. The van der Waals surface area contributed by atoms with Crippen LogP contribution in [0.15, 0.2) is 0 Å². The summed E-state index contributed by atoms with van der Waals surface area (Å²) >= 11 is 0. The Balaban J connectivity index is 2.75. The number of nitrogens with zero attached hydrogens (tertiary/aromatic N) is 2. The summed E-state index contributed by atoms with van der Waals surface area (Å²) in [5.74, 6) is -1.11. The maximum absolute atomic E-state index is 12.3. The Labute approximate surface area is 118 Å². The lowest BCUT2D eigenvalue weighted by atomic mass is 9.89. The molecule has 0 aliphatic carbocycles. The summed E-state index contributed by atoms with van der Waals surface area (Å²) in [7, 11) is 3.06. The molecule has 1 saturated heterocycles. The number of carboxylic acids is 1. The lowest BCUT2D eigenvalue weighted by Gasteiger charge is -2.29. The fourth-order valence-electron chi connectivity index (χ4n) is 2.58. The molecule has 3 amide bonds. The highest BCUT2D eigenvalue weighted by Crippen LogP contribution is 2.30. The third-order valence-corrected chi connectivity index (χ3v) is 3.96. The zero-order chi connectivity index (χ0) is 15.5. The lowest BCUT2D eigenvalue weighted by Crippen LogP contribution is -2.49. The highest BCUT2D eigenvalue weighted by Gasteiger charge is 2.43. The van der Waals surface area contributed by atoms with Crippen molar-refractivity contribution < 1.29 is 19.5 Å². The molecule has 1 aliphatic rings. The van der Waals surface area contributed by atoms with Crippen molar-refractivity contribution >= 4 is 17.9 Å². The van der Waals surface area contributed by atoms with E-state index in [4.69, 9.17) is 5.11 Å². The van der Waals surface area contributed by atoms with Crippen LogP contribution in [-0.4, -0.2) is 66.0 Å². The van der Waals surface area contributed by atoms with Gasteiger partial charge in [0.2, 0.25) is 5.91 Å². The van der Waals surface area contributed by atoms with Crippen molar-refractivity contribution in [3.05, 3.63) is 0 Å². The van der Waals surface area contributed by atoms with E-state index in [2.05, 4.69) is 5.32 Å². The molecule has 2 unspecified atom stereocenters. The van der Waals surface area contributed by atoms with Gasteiger partial charge in [-0.2, -0.15) is 0 Å². The van der Waals surface area contributed by atoms with Gasteiger partial charge in [-0.3, -0.25) is 4.79 Å². The van der Waals surface area contributed by atoms with Gasteiger partial charge in [0.05, 0.1) is 5.41 Å². The summed E-state index contributed by atoms with van der Waals surface area (Å²) in [6, 6.07) is -1.18. The Kier molecular flexibility index (Phi) is 4.97. The molecule has 1 fully saturated rings. The Morgan fingerprint density at radius 3 is 2.50 bits per heavy atom. The third-order valence-electron chi connectivity index (χ3n) is 3.96. The quantitative estimate of drug-likeness (QED) is 0.780. The first-order valence-electron chi connectivity index (χ1n) is 6.73. The number of likely N-dealkylation sites (N-methyl/N-ethyl adjacent to an activating group) is 1. The van der Waals surface area contributed by atoms with E-state index < -0.39 is 17.4 Å². The number of urea groups is 1. The minimum atomic E-state index is -1.02. The molecule has 0 aromatic heterocycles. The Hall–Kier alpha value is -1.79. The van der Waals surface area contributed by atoms with Gasteiger partial charge in [-0.05, 0) is 19.8 Å². The average molecular weight is 285 g/mol. The minimum absolute atomic E-state index is 0.0965. The van der Waals surface area contributed by atoms with Crippen molar-refractivity contribution in [1.29, 1.82) is 0 Å². The standard InChI is InChI=1S/C13H23N3O4/c1-5-9(10(17)18)15(4)12(20)16-7-6-13(2,8-16)11(19)14-3/h9H,5-8H2,1-4H3,(H,14,19)(H,17,18). The predicted molar refractivity (Wildman–Crippen MR) is 73.2 cm³/mol. The van der Waals surface area contributed by atoms with Crippen LogP contribution in [0.1, 0.15) is 26.7 Å². The first-order valence-corrected chi connectivity index (χ1v) is 6.73. The molecule has 1 aliphatic heterocycles. The molecule has 114 valence electrons. The fraction of sp³-hybridized carbons (Fsp3) is 0.769.